The van der Waals surface area contributed by atoms with Crippen molar-refractivity contribution in [3.8, 4) is 11.5 Å². The maximum Gasteiger partial charge on any atom is 0.272 e. The molecule has 7 nitrogen and oxygen atoms in total. The fourth-order valence-electron chi connectivity index (χ4n) is 3.36. The van der Waals surface area contributed by atoms with Gasteiger partial charge in [0.1, 0.15) is 5.69 Å². The van der Waals surface area contributed by atoms with E-state index in [1.165, 1.54) is 12.8 Å². The summed E-state index contributed by atoms with van der Waals surface area (Å²) in [6, 6.07) is 7.48. The summed E-state index contributed by atoms with van der Waals surface area (Å²) >= 11 is 0. The van der Waals surface area contributed by atoms with Crippen LogP contribution in [0.3, 0.4) is 0 Å². The van der Waals surface area contributed by atoms with Gasteiger partial charge >= 0.3 is 0 Å². The van der Waals surface area contributed by atoms with Crippen molar-refractivity contribution in [1.82, 2.24) is 14.9 Å². The highest BCUT2D eigenvalue weighted by atomic mass is 16.5. The van der Waals surface area contributed by atoms with Crippen molar-refractivity contribution in [3.63, 3.8) is 0 Å². The van der Waals surface area contributed by atoms with Gasteiger partial charge in [-0.1, -0.05) is 18.9 Å². The molecular formula is C21H28N4O3. The smallest absolute Gasteiger partial charge is 0.272 e. The molecule has 1 fully saturated rings. The van der Waals surface area contributed by atoms with E-state index in [0.29, 0.717) is 29.7 Å². The van der Waals surface area contributed by atoms with Crippen LogP contribution in [0, 0.1) is 6.92 Å². The highest BCUT2D eigenvalue weighted by molar-refractivity contribution is 5.92. The zero-order chi connectivity index (χ0) is 19.9. The third-order valence-corrected chi connectivity index (χ3v) is 4.87. The normalized spacial score (nSPS) is 14.3. The molecule has 1 amide bonds. The minimum absolute atomic E-state index is 0.0124. The number of carbonyl (C=O) groups excluding carboxylic acids is 1. The van der Waals surface area contributed by atoms with Crippen LogP contribution in [0.5, 0.6) is 11.5 Å². The third-order valence-electron chi connectivity index (χ3n) is 4.87. The average Bonchev–Trinajstić information content (AvgIpc) is 3.00. The molecule has 0 spiro atoms. The van der Waals surface area contributed by atoms with E-state index in [2.05, 4.69) is 15.3 Å². The summed E-state index contributed by atoms with van der Waals surface area (Å²) < 4.78 is 10.6. The molecule has 0 atom stereocenters. The van der Waals surface area contributed by atoms with E-state index >= 15 is 0 Å². The predicted octanol–water partition coefficient (Wildman–Crippen LogP) is 3.43. The number of aromatic nitrogens is 2. The van der Waals surface area contributed by atoms with Crippen LogP contribution < -0.4 is 14.8 Å². The minimum Gasteiger partial charge on any atom is -0.493 e. The lowest BCUT2D eigenvalue weighted by atomic mass is 10.2. The average molecular weight is 384 g/mol. The lowest BCUT2D eigenvalue weighted by Crippen LogP contribution is -2.32. The summed E-state index contributed by atoms with van der Waals surface area (Å²) in [5.74, 6) is 1.79. The Morgan fingerprint density at radius 2 is 1.75 bits per heavy atom. The molecule has 1 aliphatic heterocycles. The topological polar surface area (TPSA) is 76.6 Å². The van der Waals surface area contributed by atoms with E-state index in [9.17, 15) is 4.79 Å². The maximum absolute atomic E-state index is 12.9. The number of anilines is 1. The lowest BCUT2D eigenvalue weighted by Gasteiger charge is -2.20. The largest absolute Gasteiger partial charge is 0.493 e. The zero-order valence-corrected chi connectivity index (χ0v) is 16.8. The number of hydrogen-bond donors (Lipinski definition) is 1. The van der Waals surface area contributed by atoms with E-state index in [4.69, 9.17) is 9.47 Å². The van der Waals surface area contributed by atoms with Crippen LogP contribution in [0.25, 0.3) is 0 Å². The van der Waals surface area contributed by atoms with Crippen molar-refractivity contribution in [3.05, 3.63) is 41.2 Å². The molecule has 28 heavy (non-hydrogen) atoms. The van der Waals surface area contributed by atoms with E-state index < -0.39 is 0 Å². The highest BCUT2D eigenvalue weighted by Crippen LogP contribution is 2.27. The number of aryl methyl sites for hydroxylation is 1. The Labute approximate surface area is 166 Å². The number of hydrogen-bond acceptors (Lipinski definition) is 6. The molecule has 1 saturated heterocycles. The number of carbonyl (C=O) groups is 1. The van der Waals surface area contributed by atoms with Crippen molar-refractivity contribution in [2.45, 2.75) is 39.2 Å². The number of methoxy groups -OCH3 is 2. The molecule has 7 heteroatoms. The maximum atomic E-state index is 12.9. The first-order chi connectivity index (χ1) is 13.6. The fourth-order valence-corrected chi connectivity index (χ4v) is 3.36. The van der Waals surface area contributed by atoms with E-state index in [1.54, 1.807) is 20.3 Å². The van der Waals surface area contributed by atoms with Gasteiger partial charge in [-0.2, -0.15) is 0 Å². The van der Waals surface area contributed by atoms with Crippen molar-refractivity contribution in [1.29, 1.82) is 0 Å². The lowest BCUT2D eigenvalue weighted by molar-refractivity contribution is 0.0755. The van der Waals surface area contributed by atoms with Gasteiger partial charge in [-0.3, -0.25) is 4.79 Å². The summed E-state index contributed by atoms with van der Waals surface area (Å²) in [7, 11) is 3.22. The molecule has 0 bridgehead atoms. The first kappa shape index (κ1) is 19.9. The molecule has 1 aliphatic rings. The van der Waals surface area contributed by atoms with Gasteiger partial charge in [-0.05, 0) is 43.5 Å². The van der Waals surface area contributed by atoms with Crippen LogP contribution in [0.2, 0.25) is 0 Å². The van der Waals surface area contributed by atoms with E-state index in [0.717, 1.165) is 37.2 Å². The Morgan fingerprint density at radius 3 is 2.43 bits per heavy atom. The number of rotatable bonds is 6. The molecule has 0 unspecified atom stereocenters. The predicted molar refractivity (Wildman–Crippen MR) is 108 cm³/mol. The van der Waals surface area contributed by atoms with Crippen LogP contribution in [0.15, 0.2) is 24.3 Å². The Hall–Kier alpha value is -2.83. The van der Waals surface area contributed by atoms with Gasteiger partial charge in [-0.25, -0.2) is 9.97 Å². The Bertz CT molecular complexity index is 817. The van der Waals surface area contributed by atoms with Gasteiger partial charge in [0.2, 0.25) is 5.95 Å². The second-order valence-corrected chi connectivity index (χ2v) is 6.97. The van der Waals surface area contributed by atoms with Crippen LogP contribution in [0.4, 0.5) is 5.95 Å². The number of likely N-dealkylation sites (tertiary alicyclic amines) is 1. The summed E-state index contributed by atoms with van der Waals surface area (Å²) in [5.41, 5.74) is 2.22. The van der Waals surface area contributed by atoms with Crippen LogP contribution in [-0.2, 0) is 6.54 Å². The van der Waals surface area contributed by atoms with Gasteiger partial charge in [0, 0.05) is 25.3 Å². The Kier molecular flexibility index (Phi) is 6.68. The molecule has 1 aromatic heterocycles. The Balaban J connectivity index is 1.72. The first-order valence-electron chi connectivity index (χ1n) is 9.70. The second kappa shape index (κ2) is 9.39. The quantitative estimate of drug-likeness (QED) is 0.822. The number of nitrogens with one attached hydrogen (secondary N) is 1. The molecule has 0 saturated carbocycles. The van der Waals surface area contributed by atoms with Crippen molar-refractivity contribution < 1.29 is 14.3 Å². The summed E-state index contributed by atoms with van der Waals surface area (Å²) in [6.07, 6.45) is 4.48. The molecular weight excluding hydrogens is 356 g/mol. The third kappa shape index (κ3) is 4.91. The monoisotopic (exact) mass is 384 g/mol. The number of ether oxygens (including phenoxy) is 2. The highest BCUT2D eigenvalue weighted by Gasteiger charge is 2.19. The second-order valence-electron chi connectivity index (χ2n) is 6.97. The molecule has 1 N–H and O–H groups in total. The van der Waals surface area contributed by atoms with Crippen molar-refractivity contribution in [2.75, 3.05) is 32.6 Å². The van der Waals surface area contributed by atoms with E-state index in [1.807, 2.05) is 30.0 Å². The SMILES string of the molecule is COc1ccc(CNc2nc(C)cc(C(=O)N3CCCCCC3)n2)cc1OC. The molecule has 2 aromatic rings. The van der Waals surface area contributed by atoms with Gasteiger partial charge in [-0.15, -0.1) is 0 Å². The van der Waals surface area contributed by atoms with Crippen LogP contribution >= 0.6 is 0 Å². The standard InChI is InChI=1S/C21H28N4O3/c1-15-12-17(20(26)25-10-6-4-5-7-11-25)24-21(23-15)22-14-16-8-9-18(27-2)19(13-16)28-3/h8-9,12-13H,4-7,10-11,14H2,1-3H3,(H,22,23,24). The minimum atomic E-state index is -0.0124. The zero-order valence-electron chi connectivity index (χ0n) is 16.8. The number of nitrogens with zero attached hydrogens (tertiary/aromatic N) is 3. The van der Waals surface area contributed by atoms with Gasteiger partial charge in [0.25, 0.3) is 5.91 Å². The molecule has 150 valence electrons. The van der Waals surface area contributed by atoms with Crippen molar-refractivity contribution >= 4 is 11.9 Å². The molecule has 2 heterocycles. The van der Waals surface area contributed by atoms with Gasteiger partial charge in [0.15, 0.2) is 11.5 Å². The van der Waals surface area contributed by atoms with Crippen molar-refractivity contribution in [2.24, 2.45) is 0 Å². The summed E-state index contributed by atoms with van der Waals surface area (Å²) in [5, 5.41) is 3.21. The molecule has 0 aliphatic carbocycles. The van der Waals surface area contributed by atoms with Gasteiger partial charge < -0.3 is 19.7 Å². The number of amides is 1. The summed E-state index contributed by atoms with van der Waals surface area (Å²) in [6.45, 7) is 4.00. The van der Waals surface area contributed by atoms with Crippen LogP contribution in [-0.4, -0.2) is 48.1 Å². The summed E-state index contributed by atoms with van der Waals surface area (Å²) in [4.78, 5) is 23.7. The van der Waals surface area contributed by atoms with E-state index in [-0.39, 0.29) is 5.91 Å². The number of benzene rings is 1. The fraction of sp³-hybridized carbons (Fsp3) is 0.476. The first-order valence-corrected chi connectivity index (χ1v) is 9.70. The molecule has 1 aromatic carbocycles. The molecule has 0 radical (unpaired) electrons. The van der Waals surface area contributed by atoms with Crippen LogP contribution in [0.1, 0.15) is 47.4 Å². The van der Waals surface area contributed by atoms with Gasteiger partial charge in [0.05, 0.1) is 14.2 Å². The molecule has 3 rings (SSSR count). The Morgan fingerprint density at radius 1 is 1.04 bits per heavy atom.